The van der Waals surface area contributed by atoms with Crippen LogP contribution < -0.4 is 0 Å². The van der Waals surface area contributed by atoms with E-state index < -0.39 is 29.2 Å². The monoisotopic (exact) mass is 488 g/mol. The quantitative estimate of drug-likeness (QED) is 0.382. The van der Waals surface area contributed by atoms with E-state index in [0.717, 1.165) is 32.1 Å². The van der Waals surface area contributed by atoms with E-state index in [9.17, 15) is 25.2 Å². The molecule has 0 saturated heterocycles. The molecule has 5 heteroatoms. The molecule has 0 aromatic rings. The number of hydrogen-bond acceptors (Lipinski definition) is 4. The Kier molecular flexibility index (Phi) is 5.40. The van der Waals surface area contributed by atoms with E-state index in [0.29, 0.717) is 31.1 Å². The maximum absolute atomic E-state index is 12.8. The van der Waals surface area contributed by atoms with Crippen molar-refractivity contribution in [3.05, 3.63) is 11.6 Å². The SMILES string of the molecule is C[C@@H]1CC[C@]2(C(=O)O)CC[C@]3(C)C(=CCC4[C@@]5(C)C[C@@H](O)[C@H](O)C(C)(C)[C@@H]5CC[C@]43C)[C@@H]2[C@]1(C)O. The fraction of sp³-hybridized carbons (Fsp3) is 0.900. The zero-order chi connectivity index (χ0) is 26.0. The van der Waals surface area contributed by atoms with Crippen LogP contribution in [0.25, 0.3) is 0 Å². The Hall–Kier alpha value is -0.910. The minimum Gasteiger partial charge on any atom is -0.481 e. The average Bonchev–Trinajstić information content (AvgIpc) is 2.75. The highest BCUT2D eigenvalue weighted by molar-refractivity contribution is 5.77. The van der Waals surface area contributed by atoms with Crippen LogP contribution in [0, 0.1) is 50.7 Å². The summed E-state index contributed by atoms with van der Waals surface area (Å²) in [6, 6.07) is 0. The fourth-order valence-corrected chi connectivity index (χ4v) is 11.0. The molecule has 5 rings (SSSR count). The summed E-state index contributed by atoms with van der Waals surface area (Å²) in [7, 11) is 0. The molecule has 0 heterocycles. The Bertz CT molecular complexity index is 952. The van der Waals surface area contributed by atoms with Crippen molar-refractivity contribution in [1.29, 1.82) is 0 Å². The highest BCUT2D eigenvalue weighted by atomic mass is 16.4. The van der Waals surface area contributed by atoms with Crippen LogP contribution in [0.4, 0.5) is 0 Å². The molecule has 0 aromatic heterocycles. The molecule has 198 valence electrons. The molecule has 4 fully saturated rings. The Labute approximate surface area is 211 Å². The molecule has 1 unspecified atom stereocenters. The van der Waals surface area contributed by atoms with Crippen LogP contribution in [0.1, 0.15) is 99.8 Å². The molecule has 0 aliphatic heterocycles. The number of hydrogen-bond donors (Lipinski definition) is 4. The van der Waals surface area contributed by atoms with Crippen LogP contribution in [0.5, 0.6) is 0 Å². The third kappa shape index (κ3) is 2.90. The summed E-state index contributed by atoms with van der Waals surface area (Å²) in [4.78, 5) is 12.8. The zero-order valence-electron chi connectivity index (χ0n) is 22.9. The summed E-state index contributed by atoms with van der Waals surface area (Å²) >= 11 is 0. The number of allylic oxidation sites excluding steroid dienone is 1. The second-order valence-corrected chi connectivity index (χ2v) is 14.9. The van der Waals surface area contributed by atoms with Gasteiger partial charge in [0.2, 0.25) is 0 Å². The standard InChI is InChI=1S/C30H48O5/c1-17-10-13-30(24(33)34)15-14-27(5)18(22(30)29(17,7)35)8-9-21-26(4)16-19(31)23(32)25(2,3)20(26)11-12-28(21,27)6/h8,17,19-23,31-32,35H,9-16H2,1-7H3,(H,33,34)/t17-,19-,20+,21?,22-,23+,26+,27-,28-,29-,30+/m1/s1. The Morgan fingerprint density at radius 2 is 1.60 bits per heavy atom. The molecule has 4 N–H and O–H groups in total. The van der Waals surface area contributed by atoms with Gasteiger partial charge >= 0.3 is 5.97 Å². The smallest absolute Gasteiger partial charge is 0.310 e. The molecule has 35 heavy (non-hydrogen) atoms. The number of rotatable bonds is 1. The van der Waals surface area contributed by atoms with Gasteiger partial charge in [0.15, 0.2) is 0 Å². The molecule has 0 spiro atoms. The molecule has 5 aliphatic rings. The molecule has 0 bridgehead atoms. The first kappa shape index (κ1) is 25.7. The first-order valence-corrected chi connectivity index (χ1v) is 14.0. The van der Waals surface area contributed by atoms with E-state index in [1.165, 1.54) is 5.57 Å². The van der Waals surface area contributed by atoms with Gasteiger partial charge in [-0.05, 0) is 97.7 Å². The van der Waals surface area contributed by atoms with Gasteiger partial charge in [0.1, 0.15) is 0 Å². The van der Waals surface area contributed by atoms with Crippen molar-refractivity contribution in [2.45, 2.75) is 118 Å². The molecule has 5 aliphatic carbocycles. The van der Waals surface area contributed by atoms with E-state index in [1.54, 1.807) is 0 Å². The van der Waals surface area contributed by atoms with Crippen LogP contribution in [0.2, 0.25) is 0 Å². The van der Waals surface area contributed by atoms with E-state index in [4.69, 9.17) is 0 Å². The van der Waals surface area contributed by atoms with Crippen molar-refractivity contribution >= 4 is 5.97 Å². The Balaban J connectivity index is 1.65. The van der Waals surface area contributed by atoms with Gasteiger partial charge in [0.05, 0.1) is 23.2 Å². The maximum Gasteiger partial charge on any atom is 0.310 e. The van der Waals surface area contributed by atoms with E-state index >= 15 is 0 Å². The zero-order valence-corrected chi connectivity index (χ0v) is 22.9. The molecule has 11 atom stereocenters. The van der Waals surface area contributed by atoms with Crippen molar-refractivity contribution in [2.24, 2.45) is 50.7 Å². The first-order chi connectivity index (χ1) is 16.0. The van der Waals surface area contributed by atoms with Crippen molar-refractivity contribution in [3.63, 3.8) is 0 Å². The van der Waals surface area contributed by atoms with Crippen molar-refractivity contribution in [1.82, 2.24) is 0 Å². The molecule has 0 aromatic carbocycles. The molecular weight excluding hydrogens is 440 g/mol. The molecule has 0 radical (unpaired) electrons. The molecule has 0 amide bonds. The molecular formula is C30H48O5. The largest absolute Gasteiger partial charge is 0.481 e. The van der Waals surface area contributed by atoms with Crippen LogP contribution in [0.3, 0.4) is 0 Å². The Morgan fingerprint density at radius 3 is 2.23 bits per heavy atom. The lowest BCUT2D eigenvalue weighted by Crippen LogP contribution is -2.68. The number of carboxylic acids is 1. The summed E-state index contributed by atoms with van der Waals surface area (Å²) in [6.07, 6.45) is 7.21. The van der Waals surface area contributed by atoms with Crippen molar-refractivity contribution in [2.75, 3.05) is 0 Å². The third-order valence-corrected chi connectivity index (χ3v) is 13.4. The number of aliphatic hydroxyl groups is 3. The minimum atomic E-state index is -1.05. The summed E-state index contributed by atoms with van der Waals surface area (Å²) in [6.45, 7) is 15.3. The van der Waals surface area contributed by atoms with Crippen LogP contribution >= 0.6 is 0 Å². The van der Waals surface area contributed by atoms with Gasteiger partial charge in [-0.2, -0.15) is 0 Å². The van der Waals surface area contributed by atoms with Gasteiger partial charge in [-0.3, -0.25) is 4.79 Å². The van der Waals surface area contributed by atoms with Crippen LogP contribution in [0.15, 0.2) is 11.6 Å². The molecule has 4 saturated carbocycles. The van der Waals surface area contributed by atoms with Gasteiger partial charge in [0, 0.05) is 5.92 Å². The predicted octanol–water partition coefficient (Wildman–Crippen LogP) is 5.18. The number of fused-ring (bicyclic) bond motifs is 7. The summed E-state index contributed by atoms with van der Waals surface area (Å²) in [5, 5.41) is 44.3. The maximum atomic E-state index is 12.8. The van der Waals surface area contributed by atoms with Gasteiger partial charge in [-0.15, -0.1) is 0 Å². The highest BCUT2D eigenvalue weighted by Gasteiger charge is 2.71. The van der Waals surface area contributed by atoms with Gasteiger partial charge in [0.25, 0.3) is 0 Å². The number of carboxylic acid groups (broad SMARTS) is 1. The highest BCUT2D eigenvalue weighted by Crippen LogP contribution is 2.76. The third-order valence-electron chi connectivity index (χ3n) is 13.4. The lowest BCUT2D eigenvalue weighted by molar-refractivity contribution is -0.237. The Morgan fingerprint density at radius 1 is 0.943 bits per heavy atom. The fourth-order valence-electron chi connectivity index (χ4n) is 11.0. The van der Waals surface area contributed by atoms with E-state index in [-0.39, 0.29) is 33.5 Å². The number of aliphatic hydroxyl groups excluding tert-OH is 2. The molecule has 5 nitrogen and oxygen atoms in total. The number of aliphatic carboxylic acids is 1. The van der Waals surface area contributed by atoms with Crippen molar-refractivity contribution < 1.29 is 25.2 Å². The summed E-state index contributed by atoms with van der Waals surface area (Å²) in [5.74, 6) is -0.394. The van der Waals surface area contributed by atoms with Gasteiger partial charge < -0.3 is 20.4 Å². The average molecular weight is 489 g/mol. The summed E-state index contributed by atoms with van der Waals surface area (Å²) in [5.41, 5.74) is -1.46. The first-order valence-electron chi connectivity index (χ1n) is 14.0. The second-order valence-electron chi connectivity index (χ2n) is 14.9. The number of carbonyl (C=O) groups is 1. The van der Waals surface area contributed by atoms with Crippen LogP contribution in [-0.4, -0.2) is 44.2 Å². The normalized spacial score (nSPS) is 57.1. The lowest BCUT2D eigenvalue weighted by atomic mass is 9.33. The topological polar surface area (TPSA) is 98.0 Å². The van der Waals surface area contributed by atoms with E-state index in [2.05, 4.69) is 47.6 Å². The van der Waals surface area contributed by atoms with E-state index in [1.807, 2.05) is 6.92 Å². The lowest BCUT2D eigenvalue weighted by Gasteiger charge is -2.72. The van der Waals surface area contributed by atoms with Crippen LogP contribution in [-0.2, 0) is 4.79 Å². The van der Waals surface area contributed by atoms with Crippen molar-refractivity contribution in [3.8, 4) is 0 Å². The van der Waals surface area contributed by atoms with Gasteiger partial charge in [-0.25, -0.2) is 0 Å². The predicted molar refractivity (Wildman–Crippen MR) is 135 cm³/mol. The van der Waals surface area contributed by atoms with Gasteiger partial charge in [-0.1, -0.05) is 53.2 Å². The second kappa shape index (κ2) is 7.35. The minimum absolute atomic E-state index is 0.0535. The summed E-state index contributed by atoms with van der Waals surface area (Å²) < 4.78 is 0.